The third-order valence-corrected chi connectivity index (χ3v) is 4.60. The lowest BCUT2D eigenvalue weighted by molar-refractivity contribution is 0.0971. The van der Waals surface area contributed by atoms with Crippen LogP contribution in [0.3, 0.4) is 0 Å². The molecule has 3 nitrogen and oxygen atoms in total. The SMILES string of the molecule is COc1cc(C)c(C(=O)CC2CSCCN2)cc1C. The molecule has 1 unspecified atom stereocenters. The van der Waals surface area contributed by atoms with Gasteiger partial charge in [-0.05, 0) is 37.1 Å². The van der Waals surface area contributed by atoms with Gasteiger partial charge in [0.15, 0.2) is 5.78 Å². The molecule has 1 atom stereocenters. The number of nitrogens with one attached hydrogen (secondary N) is 1. The van der Waals surface area contributed by atoms with Crippen LogP contribution in [0.25, 0.3) is 0 Å². The summed E-state index contributed by atoms with van der Waals surface area (Å²) in [4.78, 5) is 12.4. The number of thioether (sulfide) groups is 1. The van der Waals surface area contributed by atoms with E-state index in [0.717, 1.165) is 40.5 Å². The van der Waals surface area contributed by atoms with Gasteiger partial charge >= 0.3 is 0 Å². The van der Waals surface area contributed by atoms with Gasteiger partial charge in [-0.3, -0.25) is 4.79 Å². The molecule has 0 amide bonds. The molecule has 1 N–H and O–H groups in total. The highest BCUT2D eigenvalue weighted by molar-refractivity contribution is 7.99. The Balaban J connectivity index is 2.12. The van der Waals surface area contributed by atoms with E-state index in [4.69, 9.17) is 4.74 Å². The van der Waals surface area contributed by atoms with Gasteiger partial charge in [-0.1, -0.05) is 0 Å². The van der Waals surface area contributed by atoms with E-state index in [1.165, 1.54) is 0 Å². The fraction of sp³-hybridized carbons (Fsp3) is 0.533. The van der Waals surface area contributed by atoms with Gasteiger partial charge in [0.2, 0.25) is 0 Å². The molecule has 1 aromatic carbocycles. The highest BCUT2D eigenvalue weighted by Crippen LogP contribution is 2.24. The van der Waals surface area contributed by atoms with Gasteiger partial charge in [-0.25, -0.2) is 0 Å². The highest BCUT2D eigenvalue weighted by Gasteiger charge is 2.19. The van der Waals surface area contributed by atoms with Crippen LogP contribution in [0.2, 0.25) is 0 Å². The zero-order valence-electron chi connectivity index (χ0n) is 11.8. The van der Waals surface area contributed by atoms with Crippen molar-refractivity contribution in [3.63, 3.8) is 0 Å². The molecule has 1 aliphatic heterocycles. The minimum absolute atomic E-state index is 0.225. The number of carbonyl (C=O) groups is 1. The van der Waals surface area contributed by atoms with E-state index < -0.39 is 0 Å². The van der Waals surface area contributed by atoms with Gasteiger partial charge in [-0.15, -0.1) is 0 Å². The summed E-state index contributed by atoms with van der Waals surface area (Å²) in [5.74, 6) is 3.24. The molecule has 0 spiro atoms. The van der Waals surface area contributed by atoms with Gasteiger partial charge in [0.1, 0.15) is 5.75 Å². The Morgan fingerprint density at radius 3 is 2.84 bits per heavy atom. The van der Waals surface area contributed by atoms with Crippen LogP contribution in [0.4, 0.5) is 0 Å². The maximum Gasteiger partial charge on any atom is 0.164 e. The van der Waals surface area contributed by atoms with Gasteiger partial charge < -0.3 is 10.1 Å². The first kappa shape index (κ1) is 14.4. The number of carbonyl (C=O) groups excluding carboxylic acids is 1. The molecule has 1 saturated heterocycles. The third-order valence-electron chi connectivity index (χ3n) is 3.47. The van der Waals surface area contributed by atoms with Crippen LogP contribution < -0.4 is 10.1 Å². The van der Waals surface area contributed by atoms with Gasteiger partial charge in [0, 0.05) is 36.1 Å². The average Bonchev–Trinajstić information content (AvgIpc) is 2.42. The average molecular weight is 279 g/mol. The van der Waals surface area contributed by atoms with Gasteiger partial charge in [0.25, 0.3) is 0 Å². The summed E-state index contributed by atoms with van der Waals surface area (Å²) in [6, 6.07) is 4.21. The van der Waals surface area contributed by atoms with Crippen molar-refractivity contribution in [2.24, 2.45) is 0 Å². The van der Waals surface area contributed by atoms with Crippen LogP contribution >= 0.6 is 11.8 Å². The molecule has 1 fully saturated rings. The Morgan fingerprint density at radius 2 is 2.21 bits per heavy atom. The first-order chi connectivity index (χ1) is 9.11. The summed E-state index contributed by atoms with van der Waals surface area (Å²) in [7, 11) is 1.66. The lowest BCUT2D eigenvalue weighted by atomic mass is 9.97. The summed E-state index contributed by atoms with van der Waals surface area (Å²) in [6.07, 6.45) is 0.583. The summed E-state index contributed by atoms with van der Waals surface area (Å²) in [6.45, 7) is 4.95. The number of Topliss-reactive ketones (excluding diaryl/α,β-unsaturated/α-hetero) is 1. The Morgan fingerprint density at radius 1 is 1.42 bits per heavy atom. The van der Waals surface area contributed by atoms with E-state index in [1.807, 2.05) is 37.7 Å². The number of aryl methyl sites for hydroxylation is 2. The maximum atomic E-state index is 12.4. The molecule has 0 saturated carbocycles. The first-order valence-corrected chi connectivity index (χ1v) is 7.77. The maximum absolute atomic E-state index is 12.4. The van der Waals surface area contributed by atoms with Crippen molar-refractivity contribution in [3.05, 3.63) is 28.8 Å². The normalized spacial score (nSPS) is 19.2. The highest BCUT2D eigenvalue weighted by atomic mass is 32.2. The smallest absolute Gasteiger partial charge is 0.164 e. The molecule has 1 aromatic rings. The number of rotatable bonds is 4. The zero-order chi connectivity index (χ0) is 13.8. The van der Waals surface area contributed by atoms with Crippen LogP contribution in [0.1, 0.15) is 27.9 Å². The predicted molar refractivity (Wildman–Crippen MR) is 80.5 cm³/mol. The summed E-state index contributed by atoms with van der Waals surface area (Å²) in [5.41, 5.74) is 2.84. The molecule has 2 rings (SSSR count). The second-order valence-electron chi connectivity index (χ2n) is 4.99. The number of ether oxygens (including phenoxy) is 1. The second-order valence-corrected chi connectivity index (χ2v) is 6.14. The molecule has 1 heterocycles. The summed E-state index contributed by atoms with van der Waals surface area (Å²) < 4.78 is 5.28. The predicted octanol–water partition coefficient (Wildman–Crippen LogP) is 2.59. The minimum atomic E-state index is 0.225. The third kappa shape index (κ3) is 3.51. The Kier molecular flexibility index (Phi) is 4.88. The van der Waals surface area contributed by atoms with Crippen molar-refractivity contribution < 1.29 is 9.53 Å². The Hall–Kier alpha value is -1.00. The molecule has 0 aromatic heterocycles. The molecular weight excluding hydrogens is 258 g/mol. The van der Waals surface area contributed by atoms with E-state index >= 15 is 0 Å². The summed E-state index contributed by atoms with van der Waals surface area (Å²) in [5, 5.41) is 3.41. The van der Waals surface area contributed by atoms with Crippen LogP contribution in [0.5, 0.6) is 5.75 Å². The molecule has 19 heavy (non-hydrogen) atoms. The number of methoxy groups -OCH3 is 1. The molecule has 4 heteroatoms. The van der Waals surface area contributed by atoms with E-state index in [9.17, 15) is 4.79 Å². The minimum Gasteiger partial charge on any atom is -0.496 e. The zero-order valence-corrected chi connectivity index (χ0v) is 12.6. The van der Waals surface area contributed by atoms with Crippen molar-refractivity contribution >= 4 is 17.5 Å². The topological polar surface area (TPSA) is 38.3 Å². The van der Waals surface area contributed by atoms with Crippen molar-refractivity contribution in [2.45, 2.75) is 26.3 Å². The Bertz CT molecular complexity index is 467. The lowest BCUT2D eigenvalue weighted by Gasteiger charge is -2.22. The lowest BCUT2D eigenvalue weighted by Crippen LogP contribution is -2.38. The summed E-state index contributed by atoms with van der Waals surface area (Å²) >= 11 is 1.92. The van der Waals surface area contributed by atoms with Crippen LogP contribution in [-0.2, 0) is 0 Å². The van der Waals surface area contributed by atoms with Crippen molar-refractivity contribution in [2.75, 3.05) is 25.2 Å². The van der Waals surface area contributed by atoms with Crippen molar-refractivity contribution in [1.82, 2.24) is 5.32 Å². The molecule has 104 valence electrons. The number of benzene rings is 1. The quantitative estimate of drug-likeness (QED) is 0.860. The number of ketones is 1. The van der Waals surface area contributed by atoms with Gasteiger partial charge in [-0.2, -0.15) is 11.8 Å². The molecule has 1 aliphatic rings. The molecule has 0 aliphatic carbocycles. The van der Waals surface area contributed by atoms with E-state index in [2.05, 4.69) is 5.32 Å². The fourth-order valence-corrected chi connectivity index (χ4v) is 3.34. The number of hydrogen-bond donors (Lipinski definition) is 1. The van der Waals surface area contributed by atoms with E-state index in [1.54, 1.807) is 7.11 Å². The Labute approximate surface area is 119 Å². The first-order valence-electron chi connectivity index (χ1n) is 6.61. The second kappa shape index (κ2) is 6.44. The molecule has 0 radical (unpaired) electrons. The number of hydrogen-bond acceptors (Lipinski definition) is 4. The van der Waals surface area contributed by atoms with Crippen molar-refractivity contribution in [1.29, 1.82) is 0 Å². The van der Waals surface area contributed by atoms with Gasteiger partial charge in [0.05, 0.1) is 7.11 Å². The monoisotopic (exact) mass is 279 g/mol. The van der Waals surface area contributed by atoms with E-state index in [0.29, 0.717) is 12.5 Å². The molecular formula is C15H21NO2S. The van der Waals surface area contributed by atoms with Crippen LogP contribution in [-0.4, -0.2) is 37.0 Å². The molecule has 0 bridgehead atoms. The largest absolute Gasteiger partial charge is 0.496 e. The fourth-order valence-electron chi connectivity index (χ4n) is 2.39. The van der Waals surface area contributed by atoms with Crippen molar-refractivity contribution in [3.8, 4) is 5.75 Å². The van der Waals surface area contributed by atoms with Crippen LogP contribution in [0, 0.1) is 13.8 Å². The standard InChI is InChI=1S/C15H21NO2S/c1-10-7-15(18-3)11(2)6-13(10)14(17)8-12-9-19-5-4-16-12/h6-7,12,16H,4-5,8-9H2,1-3H3. The van der Waals surface area contributed by atoms with E-state index in [-0.39, 0.29) is 5.78 Å². The van der Waals surface area contributed by atoms with Crippen LogP contribution in [0.15, 0.2) is 12.1 Å².